The van der Waals surface area contributed by atoms with Crippen molar-refractivity contribution >= 4 is 5.97 Å². The molecule has 0 aromatic heterocycles. The Bertz CT molecular complexity index is 263. The topological polar surface area (TPSA) is 40.5 Å². The minimum Gasteiger partial charge on any atom is -0.481 e. The molecule has 1 N–H and O–H groups in total. The molecule has 0 aromatic rings. The highest BCUT2D eigenvalue weighted by atomic mass is 16.4. The van der Waals surface area contributed by atoms with Gasteiger partial charge in [-0.2, -0.15) is 0 Å². The summed E-state index contributed by atoms with van der Waals surface area (Å²) in [6.45, 7) is 6.61. The van der Waals surface area contributed by atoms with Crippen molar-refractivity contribution in [2.75, 3.05) is 7.05 Å². The van der Waals surface area contributed by atoms with Crippen LogP contribution in [-0.4, -0.2) is 35.1 Å². The Morgan fingerprint density at radius 2 is 1.89 bits per heavy atom. The fraction of sp³-hybridized carbons (Fsp3) is 0.933. The molecule has 3 atom stereocenters. The van der Waals surface area contributed by atoms with Crippen molar-refractivity contribution in [2.45, 2.75) is 71.4 Å². The SMILES string of the molecule is CCC1CCC(C(=O)O)C(N(C)C(CC)CC)C1. The first-order valence-electron chi connectivity index (χ1n) is 7.49. The van der Waals surface area contributed by atoms with E-state index < -0.39 is 5.97 Å². The van der Waals surface area contributed by atoms with Crippen LogP contribution in [0.25, 0.3) is 0 Å². The van der Waals surface area contributed by atoms with Crippen LogP contribution in [0.5, 0.6) is 0 Å². The first-order valence-corrected chi connectivity index (χ1v) is 7.49. The molecule has 3 nitrogen and oxygen atoms in total. The van der Waals surface area contributed by atoms with Gasteiger partial charge >= 0.3 is 5.97 Å². The number of hydrogen-bond acceptors (Lipinski definition) is 2. The lowest BCUT2D eigenvalue weighted by Crippen LogP contribution is -2.49. The van der Waals surface area contributed by atoms with Crippen LogP contribution in [0.3, 0.4) is 0 Å². The minimum absolute atomic E-state index is 0.168. The molecule has 1 fully saturated rings. The molecular weight excluding hydrogens is 226 g/mol. The van der Waals surface area contributed by atoms with Gasteiger partial charge in [-0.05, 0) is 45.1 Å². The zero-order valence-corrected chi connectivity index (χ0v) is 12.4. The van der Waals surface area contributed by atoms with Crippen LogP contribution < -0.4 is 0 Å². The second kappa shape index (κ2) is 7.13. The Labute approximate surface area is 112 Å². The molecule has 1 aliphatic carbocycles. The van der Waals surface area contributed by atoms with Crippen molar-refractivity contribution in [1.29, 1.82) is 0 Å². The van der Waals surface area contributed by atoms with E-state index in [4.69, 9.17) is 0 Å². The van der Waals surface area contributed by atoms with Crippen molar-refractivity contribution < 1.29 is 9.90 Å². The average molecular weight is 255 g/mol. The van der Waals surface area contributed by atoms with E-state index in [0.29, 0.717) is 12.0 Å². The van der Waals surface area contributed by atoms with E-state index in [9.17, 15) is 9.90 Å². The Kier molecular flexibility index (Phi) is 6.13. The lowest BCUT2D eigenvalue weighted by Gasteiger charge is -2.42. The van der Waals surface area contributed by atoms with E-state index in [1.807, 2.05) is 0 Å². The summed E-state index contributed by atoms with van der Waals surface area (Å²) in [4.78, 5) is 13.8. The maximum Gasteiger partial charge on any atom is 0.308 e. The third kappa shape index (κ3) is 3.47. The van der Waals surface area contributed by atoms with E-state index in [-0.39, 0.29) is 12.0 Å². The number of carboxylic acid groups (broad SMARTS) is 1. The van der Waals surface area contributed by atoms with Gasteiger partial charge in [0.2, 0.25) is 0 Å². The van der Waals surface area contributed by atoms with Gasteiger partial charge < -0.3 is 5.11 Å². The lowest BCUT2D eigenvalue weighted by atomic mass is 9.76. The van der Waals surface area contributed by atoms with Crippen molar-refractivity contribution in [1.82, 2.24) is 4.90 Å². The smallest absolute Gasteiger partial charge is 0.308 e. The number of nitrogens with zero attached hydrogens (tertiary/aromatic N) is 1. The van der Waals surface area contributed by atoms with Gasteiger partial charge in [0.1, 0.15) is 0 Å². The molecule has 0 heterocycles. The van der Waals surface area contributed by atoms with Gasteiger partial charge in [-0.25, -0.2) is 0 Å². The van der Waals surface area contributed by atoms with Gasteiger partial charge in [0.25, 0.3) is 0 Å². The van der Waals surface area contributed by atoms with E-state index in [1.165, 1.54) is 6.42 Å². The highest BCUT2D eigenvalue weighted by molar-refractivity contribution is 5.71. The van der Waals surface area contributed by atoms with Gasteiger partial charge in [-0.15, -0.1) is 0 Å². The largest absolute Gasteiger partial charge is 0.481 e. The lowest BCUT2D eigenvalue weighted by molar-refractivity contribution is -0.146. The summed E-state index contributed by atoms with van der Waals surface area (Å²) < 4.78 is 0. The quantitative estimate of drug-likeness (QED) is 0.791. The summed E-state index contributed by atoms with van der Waals surface area (Å²) >= 11 is 0. The van der Waals surface area contributed by atoms with Crippen LogP contribution in [-0.2, 0) is 4.79 Å². The molecule has 1 saturated carbocycles. The molecule has 1 aliphatic rings. The second-order valence-electron chi connectivity index (χ2n) is 5.74. The van der Waals surface area contributed by atoms with Crippen molar-refractivity contribution in [3.63, 3.8) is 0 Å². The molecule has 106 valence electrons. The molecule has 0 amide bonds. The predicted octanol–water partition coefficient (Wildman–Crippen LogP) is 3.39. The van der Waals surface area contributed by atoms with Crippen LogP contribution >= 0.6 is 0 Å². The summed E-state index contributed by atoms with van der Waals surface area (Å²) in [6.07, 6.45) is 6.38. The van der Waals surface area contributed by atoms with Crippen molar-refractivity contribution in [3.8, 4) is 0 Å². The maximum absolute atomic E-state index is 11.4. The summed E-state index contributed by atoms with van der Waals surface area (Å²) in [7, 11) is 2.12. The summed E-state index contributed by atoms with van der Waals surface area (Å²) in [5, 5.41) is 9.42. The van der Waals surface area contributed by atoms with E-state index in [0.717, 1.165) is 32.1 Å². The molecular formula is C15H29NO2. The normalized spacial score (nSPS) is 28.9. The van der Waals surface area contributed by atoms with Crippen LogP contribution in [0.4, 0.5) is 0 Å². The zero-order valence-electron chi connectivity index (χ0n) is 12.4. The van der Waals surface area contributed by atoms with Gasteiger partial charge in [-0.3, -0.25) is 9.69 Å². The summed E-state index contributed by atoms with van der Waals surface area (Å²) in [5.74, 6) is -0.0619. The molecule has 0 aliphatic heterocycles. The number of hydrogen-bond donors (Lipinski definition) is 1. The van der Waals surface area contributed by atoms with Gasteiger partial charge in [0, 0.05) is 12.1 Å². The molecule has 0 bridgehead atoms. The molecule has 18 heavy (non-hydrogen) atoms. The standard InChI is InChI=1S/C15H29NO2/c1-5-11-8-9-13(15(17)18)14(10-11)16(4)12(6-2)7-3/h11-14H,5-10H2,1-4H3,(H,17,18). The van der Waals surface area contributed by atoms with E-state index in [1.54, 1.807) is 0 Å². The highest BCUT2D eigenvalue weighted by Gasteiger charge is 2.38. The molecule has 3 heteroatoms. The van der Waals surface area contributed by atoms with E-state index in [2.05, 4.69) is 32.7 Å². The first-order chi connectivity index (χ1) is 8.54. The van der Waals surface area contributed by atoms with Gasteiger partial charge in [-0.1, -0.05) is 27.2 Å². The first kappa shape index (κ1) is 15.5. The summed E-state index contributed by atoms with van der Waals surface area (Å²) in [5.41, 5.74) is 0. The van der Waals surface area contributed by atoms with E-state index >= 15 is 0 Å². The van der Waals surface area contributed by atoms with Crippen LogP contribution in [0, 0.1) is 11.8 Å². The highest BCUT2D eigenvalue weighted by Crippen LogP contribution is 2.35. The number of carboxylic acids is 1. The van der Waals surface area contributed by atoms with Crippen LogP contribution in [0.2, 0.25) is 0 Å². The van der Waals surface area contributed by atoms with Crippen molar-refractivity contribution in [2.24, 2.45) is 11.8 Å². The maximum atomic E-state index is 11.4. The molecule has 3 unspecified atom stereocenters. The number of rotatable bonds is 6. The third-order valence-corrected chi connectivity index (χ3v) is 4.86. The number of aliphatic carboxylic acids is 1. The molecule has 0 saturated heterocycles. The Morgan fingerprint density at radius 3 is 2.33 bits per heavy atom. The fourth-order valence-corrected chi connectivity index (χ4v) is 3.48. The zero-order chi connectivity index (χ0) is 13.7. The molecule has 0 spiro atoms. The van der Waals surface area contributed by atoms with Crippen LogP contribution in [0.1, 0.15) is 59.3 Å². The Balaban J connectivity index is 2.79. The monoisotopic (exact) mass is 255 g/mol. The predicted molar refractivity (Wildman–Crippen MR) is 74.7 cm³/mol. The third-order valence-electron chi connectivity index (χ3n) is 4.86. The minimum atomic E-state index is -0.604. The molecule has 0 radical (unpaired) electrons. The second-order valence-corrected chi connectivity index (χ2v) is 5.74. The average Bonchev–Trinajstić information content (AvgIpc) is 2.39. The summed E-state index contributed by atoms with van der Waals surface area (Å²) in [6, 6.07) is 0.749. The van der Waals surface area contributed by atoms with Crippen molar-refractivity contribution in [3.05, 3.63) is 0 Å². The molecule has 1 rings (SSSR count). The van der Waals surface area contributed by atoms with Crippen LogP contribution in [0.15, 0.2) is 0 Å². The van der Waals surface area contributed by atoms with Gasteiger partial charge in [0.05, 0.1) is 5.92 Å². The number of carbonyl (C=O) groups is 1. The Hall–Kier alpha value is -0.570. The molecule has 0 aromatic carbocycles. The van der Waals surface area contributed by atoms with Gasteiger partial charge in [0.15, 0.2) is 0 Å². The fourth-order valence-electron chi connectivity index (χ4n) is 3.48. The Morgan fingerprint density at radius 1 is 1.28 bits per heavy atom.